The number of nitrogens with one attached hydrogen (secondary N) is 1. The van der Waals surface area contributed by atoms with Crippen LogP contribution in [0.3, 0.4) is 0 Å². The molecular formula is C10H25NO3. The summed E-state index contributed by atoms with van der Waals surface area (Å²) in [6.07, 6.45) is 0. The molecule has 1 rings (SSSR count). The summed E-state index contributed by atoms with van der Waals surface area (Å²) in [5, 5.41) is 10.7. The molecule has 0 aromatic rings. The first-order valence-corrected chi connectivity index (χ1v) is 5.30. The normalized spacial score (nSPS) is 14.6. The maximum atomic E-state index is 7.57. The van der Waals surface area contributed by atoms with Crippen molar-refractivity contribution in [3.8, 4) is 0 Å². The van der Waals surface area contributed by atoms with Crippen molar-refractivity contribution in [3.63, 3.8) is 0 Å². The van der Waals surface area contributed by atoms with Gasteiger partial charge in [-0.1, -0.05) is 0 Å². The summed E-state index contributed by atoms with van der Waals surface area (Å²) in [5.74, 6) is 0. The monoisotopic (exact) mass is 207 g/mol. The van der Waals surface area contributed by atoms with Crippen molar-refractivity contribution in [2.24, 2.45) is 0 Å². The topological polar surface area (TPSA) is 50.7 Å². The Morgan fingerprint density at radius 1 is 1.14 bits per heavy atom. The van der Waals surface area contributed by atoms with E-state index in [2.05, 4.69) is 5.32 Å². The van der Waals surface area contributed by atoms with E-state index in [0.717, 1.165) is 39.5 Å². The van der Waals surface area contributed by atoms with Gasteiger partial charge in [-0.3, -0.25) is 0 Å². The molecule has 0 aromatic carbocycles. The van der Waals surface area contributed by atoms with E-state index in [1.165, 1.54) is 0 Å². The molecule has 1 saturated heterocycles. The Bertz CT molecular complexity index is 64.3. The molecule has 1 aliphatic heterocycles. The van der Waals surface area contributed by atoms with Gasteiger partial charge < -0.3 is 19.9 Å². The summed E-state index contributed by atoms with van der Waals surface area (Å²) >= 11 is 0. The van der Waals surface area contributed by atoms with E-state index in [1.807, 2.05) is 13.8 Å². The summed E-state index contributed by atoms with van der Waals surface area (Å²) in [6.45, 7) is 11.4. The van der Waals surface area contributed by atoms with Crippen molar-refractivity contribution in [1.82, 2.24) is 5.32 Å². The lowest BCUT2D eigenvalue weighted by molar-refractivity contribution is 0.109. The zero-order valence-corrected chi connectivity index (χ0v) is 9.71. The van der Waals surface area contributed by atoms with Crippen molar-refractivity contribution in [1.29, 1.82) is 0 Å². The molecule has 0 bridgehead atoms. The van der Waals surface area contributed by atoms with E-state index < -0.39 is 0 Å². The molecule has 1 aliphatic rings. The Morgan fingerprint density at radius 2 is 1.57 bits per heavy atom. The summed E-state index contributed by atoms with van der Waals surface area (Å²) < 4.78 is 9.84. The molecule has 88 valence electrons. The average molecular weight is 207 g/mol. The first kappa shape index (κ1) is 16.3. The van der Waals surface area contributed by atoms with Gasteiger partial charge in [0, 0.05) is 32.9 Å². The Balaban J connectivity index is 0. The molecule has 0 aromatic heterocycles. The molecule has 0 radical (unpaired) electrons. The third-order valence-electron chi connectivity index (χ3n) is 1.25. The minimum Gasteiger partial charge on any atom is -0.397 e. The van der Waals surface area contributed by atoms with Crippen LogP contribution >= 0.6 is 0 Å². The molecule has 14 heavy (non-hydrogen) atoms. The second kappa shape index (κ2) is 18.6. The Morgan fingerprint density at radius 3 is 1.64 bits per heavy atom. The number of hydrogen-bond acceptors (Lipinski definition) is 4. The fraction of sp³-hybridized carbons (Fsp3) is 1.00. The minimum absolute atomic E-state index is 0.250. The second-order valence-corrected chi connectivity index (χ2v) is 2.46. The molecule has 2 N–H and O–H groups in total. The van der Waals surface area contributed by atoms with Crippen LogP contribution < -0.4 is 5.32 Å². The molecule has 1 heterocycles. The molecule has 0 saturated carbocycles. The maximum absolute atomic E-state index is 7.57. The van der Waals surface area contributed by atoms with Crippen molar-refractivity contribution < 1.29 is 14.6 Å². The van der Waals surface area contributed by atoms with Crippen LogP contribution in [0.25, 0.3) is 0 Å². The average Bonchev–Trinajstić information content (AvgIpc) is 2.24. The van der Waals surface area contributed by atoms with E-state index in [1.54, 1.807) is 6.92 Å². The summed E-state index contributed by atoms with van der Waals surface area (Å²) in [7, 11) is 0. The molecular weight excluding hydrogens is 182 g/mol. The standard InChI is InChI=1S/C4H9NO.C4H10O.C2H6O/c1-3-6-4-2-5-1;1-3-5-4-2;1-2-3/h5H,1-4H2;3-4H2,1-2H3;3H,2H2,1H3. The highest BCUT2D eigenvalue weighted by Crippen LogP contribution is 1.76. The van der Waals surface area contributed by atoms with Crippen LogP contribution in [0.4, 0.5) is 0 Å². The number of aliphatic hydroxyl groups excluding tert-OH is 1. The highest BCUT2D eigenvalue weighted by molar-refractivity contribution is 4.49. The zero-order chi connectivity index (χ0) is 11.1. The lowest BCUT2D eigenvalue weighted by Gasteiger charge is -2.10. The third-order valence-corrected chi connectivity index (χ3v) is 1.25. The number of aliphatic hydroxyl groups is 1. The molecule has 0 atom stereocenters. The number of morpholine rings is 1. The largest absolute Gasteiger partial charge is 0.397 e. The van der Waals surface area contributed by atoms with Crippen LogP contribution in [0.1, 0.15) is 20.8 Å². The molecule has 0 unspecified atom stereocenters. The SMILES string of the molecule is C1COCCN1.CCO.CCOCC. The van der Waals surface area contributed by atoms with E-state index >= 15 is 0 Å². The van der Waals surface area contributed by atoms with Gasteiger partial charge in [-0.15, -0.1) is 0 Å². The summed E-state index contributed by atoms with van der Waals surface area (Å²) in [6, 6.07) is 0. The Labute approximate surface area is 87.6 Å². The van der Waals surface area contributed by atoms with Gasteiger partial charge in [0.05, 0.1) is 13.2 Å². The highest BCUT2D eigenvalue weighted by Gasteiger charge is 1.92. The van der Waals surface area contributed by atoms with E-state index in [-0.39, 0.29) is 6.61 Å². The molecule has 0 amide bonds. The first-order chi connectivity index (χ1) is 6.83. The molecule has 0 aliphatic carbocycles. The lowest BCUT2D eigenvalue weighted by atomic mass is 10.5. The van der Waals surface area contributed by atoms with Crippen LogP contribution in [-0.2, 0) is 9.47 Å². The van der Waals surface area contributed by atoms with Crippen LogP contribution in [0.2, 0.25) is 0 Å². The van der Waals surface area contributed by atoms with Gasteiger partial charge in [0.15, 0.2) is 0 Å². The zero-order valence-electron chi connectivity index (χ0n) is 9.71. The molecule has 4 heteroatoms. The second-order valence-electron chi connectivity index (χ2n) is 2.46. The predicted molar refractivity (Wildman–Crippen MR) is 58.6 cm³/mol. The molecule has 1 fully saturated rings. The quantitative estimate of drug-likeness (QED) is 0.698. The number of ether oxygens (including phenoxy) is 2. The van der Waals surface area contributed by atoms with Crippen molar-refractivity contribution in [2.45, 2.75) is 20.8 Å². The van der Waals surface area contributed by atoms with Crippen LogP contribution in [-0.4, -0.2) is 51.2 Å². The van der Waals surface area contributed by atoms with Crippen molar-refractivity contribution in [3.05, 3.63) is 0 Å². The van der Waals surface area contributed by atoms with Gasteiger partial charge in [-0.2, -0.15) is 0 Å². The van der Waals surface area contributed by atoms with E-state index in [4.69, 9.17) is 14.6 Å². The smallest absolute Gasteiger partial charge is 0.0591 e. The van der Waals surface area contributed by atoms with Gasteiger partial charge in [0.1, 0.15) is 0 Å². The number of rotatable bonds is 2. The lowest BCUT2D eigenvalue weighted by Crippen LogP contribution is -2.30. The van der Waals surface area contributed by atoms with Gasteiger partial charge in [0.25, 0.3) is 0 Å². The number of hydrogen-bond donors (Lipinski definition) is 2. The van der Waals surface area contributed by atoms with Gasteiger partial charge in [0.2, 0.25) is 0 Å². The summed E-state index contributed by atoms with van der Waals surface area (Å²) in [4.78, 5) is 0. The maximum Gasteiger partial charge on any atom is 0.0591 e. The Kier molecular flexibility index (Phi) is 21.6. The molecule has 4 nitrogen and oxygen atoms in total. The van der Waals surface area contributed by atoms with Crippen LogP contribution in [0, 0.1) is 0 Å². The minimum atomic E-state index is 0.250. The highest BCUT2D eigenvalue weighted by atomic mass is 16.5. The first-order valence-electron chi connectivity index (χ1n) is 5.30. The van der Waals surface area contributed by atoms with E-state index in [0.29, 0.717) is 0 Å². The van der Waals surface area contributed by atoms with Crippen molar-refractivity contribution in [2.75, 3.05) is 46.1 Å². The third kappa shape index (κ3) is 22.6. The van der Waals surface area contributed by atoms with Crippen LogP contribution in [0.15, 0.2) is 0 Å². The van der Waals surface area contributed by atoms with Crippen LogP contribution in [0.5, 0.6) is 0 Å². The van der Waals surface area contributed by atoms with E-state index in [9.17, 15) is 0 Å². The summed E-state index contributed by atoms with van der Waals surface area (Å²) in [5.41, 5.74) is 0. The van der Waals surface area contributed by atoms with Gasteiger partial charge in [-0.25, -0.2) is 0 Å². The fourth-order valence-electron chi connectivity index (χ4n) is 0.720. The molecule has 0 spiro atoms. The van der Waals surface area contributed by atoms with Crippen molar-refractivity contribution >= 4 is 0 Å². The van der Waals surface area contributed by atoms with Gasteiger partial charge in [-0.05, 0) is 20.8 Å². The Hall–Kier alpha value is -0.160. The fourth-order valence-corrected chi connectivity index (χ4v) is 0.720. The predicted octanol–water partition coefficient (Wildman–Crippen LogP) is 0.648. The van der Waals surface area contributed by atoms with Gasteiger partial charge >= 0.3 is 0 Å².